The predicted octanol–water partition coefficient (Wildman–Crippen LogP) is 6.83. The lowest BCUT2D eigenvalue weighted by Crippen LogP contribution is -1.90. The van der Waals surface area contributed by atoms with Crippen LogP contribution in [0.1, 0.15) is 11.1 Å². The molecule has 0 fully saturated rings. The molecule has 5 aromatic rings. The first-order valence-electron chi connectivity index (χ1n) is 10.5. The summed E-state index contributed by atoms with van der Waals surface area (Å²) in [7, 11) is 0. The zero-order chi connectivity index (χ0) is 23.0. The summed E-state index contributed by atoms with van der Waals surface area (Å²) in [5, 5.41) is 14.1. The van der Waals surface area contributed by atoms with E-state index in [9.17, 15) is 0 Å². The van der Waals surface area contributed by atoms with Gasteiger partial charge in [0.15, 0.2) is 0 Å². The lowest BCUT2D eigenvalue weighted by atomic mass is 10.1. The highest BCUT2D eigenvalue weighted by Crippen LogP contribution is 2.29. The molecule has 0 radical (unpaired) electrons. The predicted molar refractivity (Wildman–Crippen MR) is 144 cm³/mol. The Morgan fingerprint density at radius 1 is 0.559 bits per heavy atom. The molecular formula is C26H20N6S2. The van der Waals surface area contributed by atoms with Crippen molar-refractivity contribution >= 4 is 45.4 Å². The fourth-order valence-electron chi connectivity index (χ4n) is 3.13. The lowest BCUT2D eigenvalue weighted by Gasteiger charge is -2.00. The summed E-state index contributed by atoms with van der Waals surface area (Å²) < 4.78 is 0. The maximum atomic E-state index is 4.63. The number of aromatic nitrogens is 2. The minimum Gasteiger partial charge on any atom is -0.253 e. The van der Waals surface area contributed by atoms with Gasteiger partial charge >= 0.3 is 0 Å². The van der Waals surface area contributed by atoms with Crippen LogP contribution >= 0.6 is 22.7 Å². The van der Waals surface area contributed by atoms with Gasteiger partial charge in [-0.1, -0.05) is 84.9 Å². The standard InChI is InChI=1S/C26H20N6S2/c1-3-7-19(8-4-1)15-27-31-25-29-23(17-33-25)21-11-13-22(14-12-21)24-18-34-26(30-24)32-28-16-20-9-5-2-6-10-20/h1-18H,(H,29,31)(H,30,32)/b27-15+,28-16+. The molecule has 0 unspecified atom stereocenters. The van der Waals surface area contributed by atoms with Crippen molar-refractivity contribution in [2.75, 3.05) is 10.9 Å². The van der Waals surface area contributed by atoms with Gasteiger partial charge in [-0.15, -0.1) is 22.7 Å². The maximum Gasteiger partial charge on any atom is 0.203 e. The van der Waals surface area contributed by atoms with Gasteiger partial charge < -0.3 is 0 Å². The fourth-order valence-corrected chi connectivity index (χ4v) is 4.47. The number of hydrazone groups is 2. The van der Waals surface area contributed by atoms with Gasteiger partial charge in [-0.2, -0.15) is 10.2 Å². The highest BCUT2D eigenvalue weighted by atomic mass is 32.1. The molecule has 0 amide bonds. The van der Waals surface area contributed by atoms with Gasteiger partial charge in [-0.3, -0.25) is 10.9 Å². The molecule has 3 aromatic carbocycles. The number of anilines is 2. The van der Waals surface area contributed by atoms with Gasteiger partial charge in [-0.25, -0.2) is 9.97 Å². The molecule has 2 N–H and O–H groups in total. The summed E-state index contributed by atoms with van der Waals surface area (Å²) in [5.41, 5.74) is 12.0. The van der Waals surface area contributed by atoms with Crippen LogP contribution < -0.4 is 10.9 Å². The Balaban J connectivity index is 1.20. The van der Waals surface area contributed by atoms with E-state index in [1.54, 1.807) is 12.4 Å². The molecular weight excluding hydrogens is 460 g/mol. The molecule has 0 aliphatic carbocycles. The van der Waals surface area contributed by atoms with E-state index in [-0.39, 0.29) is 0 Å². The maximum absolute atomic E-state index is 4.63. The van der Waals surface area contributed by atoms with E-state index in [1.165, 1.54) is 22.7 Å². The topological polar surface area (TPSA) is 74.6 Å². The van der Waals surface area contributed by atoms with Gasteiger partial charge in [0.25, 0.3) is 0 Å². The number of hydrogen-bond donors (Lipinski definition) is 2. The van der Waals surface area contributed by atoms with E-state index >= 15 is 0 Å². The third-order valence-electron chi connectivity index (χ3n) is 4.83. The summed E-state index contributed by atoms with van der Waals surface area (Å²) in [6.45, 7) is 0. The number of benzene rings is 3. The van der Waals surface area contributed by atoms with Crippen molar-refractivity contribution in [1.29, 1.82) is 0 Å². The van der Waals surface area contributed by atoms with Crippen LogP contribution in [0, 0.1) is 0 Å². The van der Waals surface area contributed by atoms with Crippen molar-refractivity contribution in [3.63, 3.8) is 0 Å². The molecule has 34 heavy (non-hydrogen) atoms. The van der Waals surface area contributed by atoms with Crippen LogP contribution in [0.3, 0.4) is 0 Å². The molecule has 0 aliphatic rings. The van der Waals surface area contributed by atoms with E-state index < -0.39 is 0 Å². The summed E-state index contributed by atoms with van der Waals surface area (Å²) in [6, 6.07) is 28.1. The summed E-state index contributed by atoms with van der Waals surface area (Å²) in [4.78, 5) is 9.26. The smallest absolute Gasteiger partial charge is 0.203 e. The molecule has 0 spiro atoms. The molecule has 0 saturated heterocycles. The average molecular weight is 481 g/mol. The summed E-state index contributed by atoms with van der Waals surface area (Å²) in [5.74, 6) is 0. The third-order valence-corrected chi connectivity index (χ3v) is 6.33. The van der Waals surface area contributed by atoms with Gasteiger partial charge in [-0.05, 0) is 11.1 Å². The SMILES string of the molecule is C(=N\Nc1nc(-c2ccc(-c3csc(N/N=C/c4ccccc4)n3)cc2)cs1)/c1ccccc1. The number of thiazole rings is 2. The molecule has 6 nitrogen and oxygen atoms in total. The van der Waals surface area contributed by atoms with Crippen LogP contribution in [0.15, 0.2) is 106 Å². The van der Waals surface area contributed by atoms with Gasteiger partial charge in [0.1, 0.15) is 0 Å². The molecule has 0 aliphatic heterocycles. The van der Waals surface area contributed by atoms with Crippen LogP contribution in [0.25, 0.3) is 22.5 Å². The van der Waals surface area contributed by atoms with E-state index in [2.05, 4.69) is 55.3 Å². The van der Waals surface area contributed by atoms with Crippen LogP contribution in [0.4, 0.5) is 10.3 Å². The normalized spacial score (nSPS) is 11.3. The quantitative estimate of drug-likeness (QED) is 0.189. The second kappa shape index (κ2) is 10.7. The second-order valence-electron chi connectivity index (χ2n) is 7.21. The van der Waals surface area contributed by atoms with Crippen molar-refractivity contribution in [1.82, 2.24) is 9.97 Å². The second-order valence-corrected chi connectivity index (χ2v) is 8.93. The van der Waals surface area contributed by atoms with Crippen molar-refractivity contribution < 1.29 is 0 Å². The first-order chi connectivity index (χ1) is 16.8. The van der Waals surface area contributed by atoms with Crippen LogP contribution in [0.2, 0.25) is 0 Å². The first-order valence-corrected chi connectivity index (χ1v) is 12.3. The van der Waals surface area contributed by atoms with Crippen molar-refractivity contribution in [2.24, 2.45) is 10.2 Å². The molecule has 8 heteroatoms. The van der Waals surface area contributed by atoms with E-state index in [1.807, 2.05) is 71.4 Å². The third kappa shape index (κ3) is 5.61. The van der Waals surface area contributed by atoms with E-state index in [0.717, 1.165) is 43.9 Å². The number of nitrogens with one attached hydrogen (secondary N) is 2. The molecule has 0 bridgehead atoms. The minimum atomic E-state index is 0.748. The molecule has 5 rings (SSSR count). The monoisotopic (exact) mass is 480 g/mol. The summed E-state index contributed by atoms with van der Waals surface area (Å²) in [6.07, 6.45) is 3.56. The fraction of sp³-hybridized carbons (Fsp3) is 0. The Morgan fingerprint density at radius 2 is 0.971 bits per heavy atom. The van der Waals surface area contributed by atoms with Crippen LogP contribution in [-0.2, 0) is 0 Å². The number of rotatable bonds is 8. The highest BCUT2D eigenvalue weighted by molar-refractivity contribution is 7.14. The van der Waals surface area contributed by atoms with Gasteiger partial charge in [0.05, 0.1) is 23.8 Å². The Bertz CT molecular complexity index is 1280. The van der Waals surface area contributed by atoms with Crippen molar-refractivity contribution in [2.45, 2.75) is 0 Å². The van der Waals surface area contributed by atoms with Crippen molar-refractivity contribution in [3.8, 4) is 22.5 Å². The molecule has 0 atom stereocenters. The van der Waals surface area contributed by atoms with Crippen LogP contribution in [-0.4, -0.2) is 22.4 Å². The number of nitrogens with zero attached hydrogens (tertiary/aromatic N) is 4. The lowest BCUT2D eigenvalue weighted by molar-refractivity contribution is 1.28. The summed E-state index contributed by atoms with van der Waals surface area (Å²) >= 11 is 3.04. The largest absolute Gasteiger partial charge is 0.253 e. The van der Waals surface area contributed by atoms with E-state index in [4.69, 9.17) is 0 Å². The zero-order valence-corrected chi connectivity index (χ0v) is 19.6. The first kappa shape index (κ1) is 21.7. The van der Waals surface area contributed by atoms with Gasteiger partial charge in [0.2, 0.25) is 10.3 Å². The van der Waals surface area contributed by atoms with Crippen LogP contribution in [0.5, 0.6) is 0 Å². The molecule has 2 heterocycles. The van der Waals surface area contributed by atoms with Gasteiger partial charge in [0, 0.05) is 21.9 Å². The molecule has 0 saturated carbocycles. The average Bonchev–Trinajstić information content (AvgIpc) is 3.56. The molecule has 2 aromatic heterocycles. The molecule has 166 valence electrons. The minimum absolute atomic E-state index is 0.748. The Labute approximate surface area is 205 Å². The Hall–Kier alpha value is -4.14. The van der Waals surface area contributed by atoms with E-state index in [0.29, 0.717) is 0 Å². The van der Waals surface area contributed by atoms with Crippen molar-refractivity contribution in [3.05, 3.63) is 107 Å². The Morgan fingerprint density at radius 3 is 1.38 bits per heavy atom. The Kier molecular flexibility index (Phi) is 6.80. The zero-order valence-electron chi connectivity index (χ0n) is 18.0. The highest BCUT2D eigenvalue weighted by Gasteiger charge is 2.07. The number of hydrogen-bond acceptors (Lipinski definition) is 8.